The number of hydrogen-bond donors (Lipinski definition) is 2. The van der Waals surface area contributed by atoms with E-state index in [-0.39, 0.29) is 17.8 Å². The summed E-state index contributed by atoms with van der Waals surface area (Å²) in [6.45, 7) is 4.99. The Morgan fingerprint density at radius 3 is 2.53 bits per heavy atom. The number of carbonyl (C=O) groups is 1. The van der Waals surface area contributed by atoms with Crippen LogP contribution in [0.2, 0.25) is 0 Å². The lowest BCUT2D eigenvalue weighted by Crippen LogP contribution is -2.38. The lowest BCUT2D eigenvalue weighted by molar-refractivity contribution is 0.212. The maximum absolute atomic E-state index is 14.9. The molecule has 0 radical (unpaired) electrons. The first-order chi connectivity index (χ1) is 15.5. The van der Waals surface area contributed by atoms with Gasteiger partial charge >= 0.3 is 6.03 Å². The van der Waals surface area contributed by atoms with Gasteiger partial charge in [-0.1, -0.05) is 42.5 Å². The summed E-state index contributed by atoms with van der Waals surface area (Å²) in [6, 6.07) is 20.9. The summed E-state index contributed by atoms with van der Waals surface area (Å²) < 4.78 is 14.9. The summed E-state index contributed by atoms with van der Waals surface area (Å²) in [5.74, 6) is -0.523. The molecule has 0 unspecified atom stereocenters. The van der Waals surface area contributed by atoms with Crippen molar-refractivity contribution >= 4 is 22.6 Å². The van der Waals surface area contributed by atoms with Crippen molar-refractivity contribution < 1.29 is 9.18 Å². The second-order valence-corrected chi connectivity index (χ2v) is 8.64. The van der Waals surface area contributed by atoms with Crippen molar-refractivity contribution in [3.8, 4) is 0 Å². The molecule has 2 heterocycles. The van der Waals surface area contributed by atoms with E-state index in [1.165, 1.54) is 6.07 Å². The Labute approximate surface area is 187 Å². The van der Waals surface area contributed by atoms with Gasteiger partial charge in [-0.15, -0.1) is 0 Å². The first-order valence-electron chi connectivity index (χ1n) is 11.0. The number of amides is 2. The third-order valence-corrected chi connectivity index (χ3v) is 6.27. The summed E-state index contributed by atoms with van der Waals surface area (Å²) in [6.07, 6.45) is 0.713. The zero-order valence-electron chi connectivity index (χ0n) is 18.3. The number of fused-ring (bicyclic) bond motifs is 3. The van der Waals surface area contributed by atoms with Crippen molar-refractivity contribution in [2.75, 3.05) is 18.4 Å². The maximum Gasteiger partial charge on any atom is 0.321 e. The third-order valence-electron chi connectivity index (χ3n) is 6.27. The van der Waals surface area contributed by atoms with E-state index in [4.69, 9.17) is 0 Å². The Balaban J connectivity index is 1.52. The Morgan fingerprint density at radius 1 is 1.03 bits per heavy atom. The average Bonchev–Trinajstić information content (AvgIpc) is 3.01. The van der Waals surface area contributed by atoms with Gasteiger partial charge in [0.1, 0.15) is 5.82 Å². The standard InChI is InChI=1S/C27H26FN3O/c1-17-13-18(2)15-19(14-17)29-27(32)31-12-11-22-21-8-4-6-10-25(21)30-26(22)23(16-31)20-7-3-5-9-24(20)28/h3-10,13-15,23,30H,11-12,16H2,1-2H3,(H,29,32)/t23-/m0/s1. The van der Waals surface area contributed by atoms with E-state index in [1.807, 2.05) is 56.3 Å². The van der Waals surface area contributed by atoms with E-state index in [0.717, 1.165) is 39.0 Å². The fourth-order valence-electron chi connectivity index (χ4n) is 4.88. The van der Waals surface area contributed by atoms with Crippen LogP contribution in [0, 0.1) is 19.7 Å². The molecule has 0 bridgehead atoms. The molecule has 3 aromatic carbocycles. The number of halogens is 1. The summed E-state index contributed by atoms with van der Waals surface area (Å²) in [5.41, 5.74) is 6.79. The smallest absolute Gasteiger partial charge is 0.321 e. The van der Waals surface area contributed by atoms with Crippen molar-refractivity contribution in [1.29, 1.82) is 0 Å². The highest BCUT2D eigenvalue weighted by Gasteiger charge is 2.31. The number of hydrogen-bond acceptors (Lipinski definition) is 1. The van der Waals surface area contributed by atoms with Gasteiger partial charge in [0.15, 0.2) is 0 Å². The highest BCUT2D eigenvalue weighted by Crippen LogP contribution is 2.36. The molecule has 0 spiro atoms. The molecule has 0 fully saturated rings. The van der Waals surface area contributed by atoms with Gasteiger partial charge in [-0.2, -0.15) is 0 Å². The van der Waals surface area contributed by atoms with Gasteiger partial charge in [0, 0.05) is 41.3 Å². The molecule has 1 atom stereocenters. The van der Waals surface area contributed by atoms with Gasteiger partial charge in [0.2, 0.25) is 0 Å². The van der Waals surface area contributed by atoms with E-state index in [0.29, 0.717) is 25.1 Å². The minimum Gasteiger partial charge on any atom is -0.358 e. The number of para-hydroxylation sites is 1. The molecule has 162 valence electrons. The molecule has 5 rings (SSSR count). The van der Waals surface area contributed by atoms with Crippen LogP contribution in [-0.2, 0) is 6.42 Å². The molecule has 2 N–H and O–H groups in total. The van der Waals surface area contributed by atoms with Crippen molar-refractivity contribution in [3.63, 3.8) is 0 Å². The Morgan fingerprint density at radius 2 is 1.75 bits per heavy atom. The lowest BCUT2D eigenvalue weighted by atomic mass is 9.92. The topological polar surface area (TPSA) is 48.1 Å². The van der Waals surface area contributed by atoms with Crippen LogP contribution in [0.1, 0.15) is 33.9 Å². The van der Waals surface area contributed by atoms with E-state index in [2.05, 4.69) is 22.4 Å². The van der Waals surface area contributed by atoms with Crippen molar-refractivity contribution in [1.82, 2.24) is 9.88 Å². The Kier molecular flexibility index (Phi) is 5.17. The maximum atomic E-state index is 14.9. The third kappa shape index (κ3) is 3.75. The number of aromatic amines is 1. The first kappa shape index (κ1) is 20.3. The van der Waals surface area contributed by atoms with Gasteiger partial charge in [0.05, 0.1) is 0 Å². The molecule has 32 heavy (non-hydrogen) atoms. The Hall–Kier alpha value is -3.60. The summed E-state index contributed by atoms with van der Waals surface area (Å²) in [4.78, 5) is 18.6. The number of nitrogens with one attached hydrogen (secondary N) is 2. The molecule has 4 aromatic rings. The number of aryl methyl sites for hydroxylation is 2. The second-order valence-electron chi connectivity index (χ2n) is 8.64. The van der Waals surface area contributed by atoms with Crippen LogP contribution < -0.4 is 5.32 Å². The van der Waals surface area contributed by atoms with Gasteiger partial charge in [0.25, 0.3) is 0 Å². The summed E-state index contributed by atoms with van der Waals surface area (Å²) in [5, 5.41) is 4.19. The van der Waals surface area contributed by atoms with Crippen LogP contribution >= 0.6 is 0 Å². The van der Waals surface area contributed by atoms with E-state index >= 15 is 0 Å². The fraction of sp³-hybridized carbons (Fsp3) is 0.222. The number of aromatic nitrogens is 1. The molecule has 2 amide bonds. The van der Waals surface area contributed by atoms with E-state index in [9.17, 15) is 9.18 Å². The van der Waals surface area contributed by atoms with E-state index in [1.54, 1.807) is 11.0 Å². The molecular weight excluding hydrogens is 401 g/mol. The van der Waals surface area contributed by atoms with Crippen LogP contribution in [0.25, 0.3) is 10.9 Å². The molecule has 5 heteroatoms. The van der Waals surface area contributed by atoms with Gasteiger partial charge in [-0.05, 0) is 66.8 Å². The molecule has 4 nitrogen and oxygen atoms in total. The predicted molar refractivity (Wildman–Crippen MR) is 127 cm³/mol. The number of carbonyl (C=O) groups excluding carboxylic acids is 1. The minimum atomic E-state index is -0.272. The number of urea groups is 1. The van der Waals surface area contributed by atoms with Crippen molar-refractivity contribution in [3.05, 3.63) is 100 Å². The molecule has 1 aliphatic heterocycles. The van der Waals surface area contributed by atoms with Crippen LogP contribution in [0.4, 0.5) is 14.9 Å². The number of rotatable bonds is 2. The fourth-order valence-corrected chi connectivity index (χ4v) is 4.88. The van der Waals surface area contributed by atoms with Gasteiger partial charge in [-0.25, -0.2) is 9.18 Å². The molecule has 0 saturated carbocycles. The highest BCUT2D eigenvalue weighted by atomic mass is 19.1. The van der Waals surface area contributed by atoms with E-state index < -0.39 is 0 Å². The monoisotopic (exact) mass is 427 g/mol. The summed E-state index contributed by atoms with van der Waals surface area (Å²) >= 11 is 0. The number of benzene rings is 3. The van der Waals surface area contributed by atoms with Crippen LogP contribution in [-0.4, -0.2) is 29.0 Å². The predicted octanol–water partition coefficient (Wildman–Crippen LogP) is 6.15. The second kappa shape index (κ2) is 8.15. The zero-order chi connectivity index (χ0) is 22.2. The molecule has 1 aliphatic rings. The normalized spacial score (nSPS) is 16.0. The molecule has 0 aliphatic carbocycles. The molecule has 0 saturated heterocycles. The van der Waals surface area contributed by atoms with Crippen LogP contribution in [0.5, 0.6) is 0 Å². The number of nitrogens with zero attached hydrogens (tertiary/aromatic N) is 1. The zero-order valence-corrected chi connectivity index (χ0v) is 18.3. The Bertz CT molecular complexity index is 1290. The van der Waals surface area contributed by atoms with Crippen LogP contribution in [0.3, 0.4) is 0 Å². The van der Waals surface area contributed by atoms with Crippen molar-refractivity contribution in [2.24, 2.45) is 0 Å². The van der Waals surface area contributed by atoms with Gasteiger partial charge < -0.3 is 15.2 Å². The quantitative estimate of drug-likeness (QED) is 0.396. The SMILES string of the molecule is Cc1cc(C)cc(NC(=O)N2CCc3c([nH]c4ccccc34)[C@H](c3ccccc3F)C2)c1. The number of anilines is 1. The van der Waals surface area contributed by atoms with Crippen LogP contribution in [0.15, 0.2) is 66.7 Å². The minimum absolute atomic E-state index is 0.161. The van der Waals surface area contributed by atoms with Gasteiger partial charge in [-0.3, -0.25) is 0 Å². The average molecular weight is 428 g/mol. The highest BCUT2D eigenvalue weighted by molar-refractivity contribution is 5.90. The first-order valence-corrected chi connectivity index (χ1v) is 11.0. The molecule has 1 aromatic heterocycles. The number of H-pyrrole nitrogens is 1. The molecular formula is C27H26FN3O. The lowest BCUT2D eigenvalue weighted by Gasteiger charge is -2.26. The summed E-state index contributed by atoms with van der Waals surface area (Å²) in [7, 11) is 0. The largest absolute Gasteiger partial charge is 0.358 e. The van der Waals surface area contributed by atoms with Crippen molar-refractivity contribution in [2.45, 2.75) is 26.2 Å².